The average molecular weight is 262 g/mol. The molecule has 0 fully saturated rings. The molecule has 0 aliphatic rings. The van der Waals surface area contributed by atoms with Crippen molar-refractivity contribution in [3.05, 3.63) is 41.2 Å². The molecule has 5 heteroatoms. The molecule has 0 aliphatic heterocycles. The van der Waals surface area contributed by atoms with Crippen LogP contribution in [0.3, 0.4) is 0 Å². The third-order valence-electron chi connectivity index (χ3n) is 2.67. The molecule has 1 N–H and O–H groups in total. The molecule has 0 spiro atoms. The van der Waals surface area contributed by atoms with Gasteiger partial charge in [0.2, 0.25) is 0 Å². The van der Waals surface area contributed by atoms with Gasteiger partial charge in [-0.1, -0.05) is 0 Å². The molecule has 2 heterocycles. The van der Waals surface area contributed by atoms with Crippen LogP contribution in [0.4, 0.5) is 5.13 Å². The van der Waals surface area contributed by atoms with Gasteiger partial charge < -0.3 is 10.2 Å². The topological polar surface area (TPSA) is 41.1 Å². The van der Waals surface area contributed by atoms with Crippen molar-refractivity contribution in [2.24, 2.45) is 0 Å². The highest BCUT2D eigenvalue weighted by Gasteiger charge is 2.09. The summed E-state index contributed by atoms with van der Waals surface area (Å²) in [7, 11) is 1.95. The van der Waals surface area contributed by atoms with Gasteiger partial charge >= 0.3 is 0 Å². The number of hydrogen-bond acceptors (Lipinski definition) is 5. The molecule has 0 saturated carbocycles. The zero-order chi connectivity index (χ0) is 12.8. The fourth-order valence-corrected chi connectivity index (χ4v) is 2.71. The van der Waals surface area contributed by atoms with E-state index < -0.39 is 0 Å². The first kappa shape index (κ1) is 13.0. The Balaban J connectivity index is 2.08. The minimum absolute atomic E-state index is 0.879. The van der Waals surface area contributed by atoms with Gasteiger partial charge in [-0.3, -0.25) is 4.98 Å². The Labute approximate surface area is 112 Å². The van der Waals surface area contributed by atoms with E-state index in [1.54, 1.807) is 11.3 Å². The molecule has 2 aromatic rings. The first-order valence-electron chi connectivity index (χ1n) is 6.06. The van der Waals surface area contributed by atoms with Crippen molar-refractivity contribution in [2.75, 3.05) is 18.5 Å². The van der Waals surface area contributed by atoms with E-state index in [2.05, 4.69) is 27.1 Å². The lowest BCUT2D eigenvalue weighted by molar-refractivity contribution is 0.822. The maximum absolute atomic E-state index is 4.49. The van der Waals surface area contributed by atoms with Gasteiger partial charge in [-0.2, -0.15) is 0 Å². The summed E-state index contributed by atoms with van der Waals surface area (Å²) < 4.78 is 0. The van der Waals surface area contributed by atoms with Crippen molar-refractivity contribution in [2.45, 2.75) is 20.0 Å². The van der Waals surface area contributed by atoms with Crippen molar-refractivity contribution in [3.63, 3.8) is 0 Å². The molecule has 0 atom stereocenters. The highest BCUT2D eigenvalue weighted by atomic mass is 32.1. The van der Waals surface area contributed by atoms with E-state index in [0.717, 1.165) is 24.8 Å². The maximum atomic E-state index is 4.49. The van der Waals surface area contributed by atoms with E-state index in [0.29, 0.717) is 0 Å². The van der Waals surface area contributed by atoms with E-state index in [9.17, 15) is 0 Å². The van der Waals surface area contributed by atoms with E-state index >= 15 is 0 Å². The lowest BCUT2D eigenvalue weighted by Crippen LogP contribution is -2.21. The Morgan fingerprint density at radius 1 is 1.33 bits per heavy atom. The summed E-state index contributed by atoms with van der Waals surface area (Å²) in [5, 5.41) is 4.23. The molecule has 0 bridgehead atoms. The van der Waals surface area contributed by atoms with Gasteiger partial charge in [0.05, 0.1) is 0 Å². The molecule has 2 aromatic heterocycles. The smallest absolute Gasteiger partial charge is 0.185 e. The molecule has 0 unspecified atom stereocenters. The lowest BCUT2D eigenvalue weighted by Gasteiger charge is -2.19. The Bertz CT molecular complexity index is 469. The number of nitrogens with zero attached hydrogens (tertiary/aromatic N) is 3. The van der Waals surface area contributed by atoms with Gasteiger partial charge in [-0.15, -0.1) is 11.3 Å². The summed E-state index contributed by atoms with van der Waals surface area (Å²) in [5.74, 6) is 0. The minimum atomic E-state index is 0.879. The van der Waals surface area contributed by atoms with Gasteiger partial charge in [0.1, 0.15) is 0 Å². The second kappa shape index (κ2) is 6.47. The van der Waals surface area contributed by atoms with Crippen molar-refractivity contribution in [1.82, 2.24) is 15.3 Å². The minimum Gasteiger partial charge on any atom is -0.344 e. The zero-order valence-electron chi connectivity index (χ0n) is 10.8. The van der Waals surface area contributed by atoms with E-state index in [1.807, 2.05) is 37.8 Å². The molecule has 0 radical (unpaired) electrons. The molecular formula is C13H18N4S. The van der Waals surface area contributed by atoms with Crippen molar-refractivity contribution in [3.8, 4) is 0 Å². The summed E-state index contributed by atoms with van der Waals surface area (Å²) in [4.78, 5) is 12.1. The predicted octanol–water partition coefficient (Wildman–Crippen LogP) is 2.28. The average Bonchev–Trinajstić information content (AvgIpc) is 2.86. The summed E-state index contributed by atoms with van der Waals surface area (Å²) in [5.41, 5.74) is 1.26. The quantitative estimate of drug-likeness (QED) is 0.867. The zero-order valence-corrected chi connectivity index (χ0v) is 11.6. The molecule has 0 aromatic carbocycles. The number of thiazole rings is 1. The van der Waals surface area contributed by atoms with Crippen LogP contribution in [0.1, 0.15) is 17.4 Å². The fraction of sp³-hybridized carbons (Fsp3) is 0.385. The fourth-order valence-electron chi connectivity index (χ4n) is 1.72. The van der Waals surface area contributed by atoms with Crippen molar-refractivity contribution >= 4 is 16.5 Å². The Kier molecular flexibility index (Phi) is 4.66. The largest absolute Gasteiger partial charge is 0.344 e. The number of aromatic nitrogens is 2. The van der Waals surface area contributed by atoms with Crippen LogP contribution < -0.4 is 10.2 Å². The molecule has 4 nitrogen and oxygen atoms in total. The number of nitrogens with one attached hydrogen (secondary N) is 1. The lowest BCUT2D eigenvalue weighted by atomic mass is 10.2. The molecular weight excluding hydrogens is 244 g/mol. The van der Waals surface area contributed by atoms with Crippen molar-refractivity contribution in [1.29, 1.82) is 0 Å². The highest BCUT2D eigenvalue weighted by molar-refractivity contribution is 7.15. The molecule has 96 valence electrons. The number of rotatable bonds is 6. The first-order chi connectivity index (χ1) is 8.83. The predicted molar refractivity (Wildman–Crippen MR) is 75.8 cm³/mol. The van der Waals surface area contributed by atoms with Gasteiger partial charge in [0.25, 0.3) is 0 Å². The summed E-state index contributed by atoms with van der Waals surface area (Å²) in [6.07, 6.45) is 5.61. The van der Waals surface area contributed by atoms with Crippen LogP contribution in [0.5, 0.6) is 0 Å². The van der Waals surface area contributed by atoms with Crippen LogP contribution in [0, 0.1) is 0 Å². The number of pyridine rings is 1. The van der Waals surface area contributed by atoms with E-state index in [-0.39, 0.29) is 0 Å². The standard InChI is InChI=1S/C13H18N4S/c1-3-17(10-11-4-6-15-7-5-11)13-16-9-12(18-13)8-14-2/h4-7,9,14H,3,8,10H2,1-2H3. The molecule has 18 heavy (non-hydrogen) atoms. The van der Waals surface area contributed by atoms with Gasteiger partial charge in [0, 0.05) is 43.1 Å². The van der Waals surface area contributed by atoms with Crippen LogP contribution in [0.15, 0.2) is 30.7 Å². The first-order valence-corrected chi connectivity index (χ1v) is 6.88. The monoisotopic (exact) mass is 262 g/mol. The SMILES string of the molecule is CCN(Cc1ccncc1)c1ncc(CNC)s1. The molecule has 2 rings (SSSR count). The molecule has 0 aliphatic carbocycles. The van der Waals surface area contributed by atoms with Crippen LogP contribution in [-0.2, 0) is 13.1 Å². The maximum Gasteiger partial charge on any atom is 0.185 e. The highest BCUT2D eigenvalue weighted by Crippen LogP contribution is 2.23. The summed E-state index contributed by atoms with van der Waals surface area (Å²) >= 11 is 1.75. The van der Waals surface area contributed by atoms with Crippen LogP contribution in [0.25, 0.3) is 0 Å². The summed E-state index contributed by atoms with van der Waals surface area (Å²) in [6, 6.07) is 4.09. The Morgan fingerprint density at radius 3 is 2.78 bits per heavy atom. The molecule has 0 amide bonds. The Hall–Kier alpha value is -1.46. The third-order valence-corrected chi connectivity index (χ3v) is 3.73. The second-order valence-corrected chi connectivity index (χ2v) is 5.10. The number of anilines is 1. The summed E-state index contributed by atoms with van der Waals surface area (Å²) in [6.45, 7) is 4.87. The van der Waals surface area contributed by atoms with Crippen molar-refractivity contribution < 1.29 is 0 Å². The van der Waals surface area contributed by atoms with Gasteiger partial charge in [0.15, 0.2) is 5.13 Å². The number of hydrogen-bond donors (Lipinski definition) is 1. The second-order valence-electron chi connectivity index (χ2n) is 4.01. The van der Waals surface area contributed by atoms with Crippen LogP contribution >= 0.6 is 11.3 Å². The van der Waals surface area contributed by atoms with E-state index in [1.165, 1.54) is 10.4 Å². The van der Waals surface area contributed by atoms with Crippen LogP contribution in [0.2, 0.25) is 0 Å². The normalized spacial score (nSPS) is 10.6. The van der Waals surface area contributed by atoms with Gasteiger partial charge in [-0.25, -0.2) is 4.98 Å². The van der Waals surface area contributed by atoms with E-state index in [4.69, 9.17) is 0 Å². The Morgan fingerprint density at radius 2 is 2.11 bits per heavy atom. The third kappa shape index (κ3) is 3.27. The van der Waals surface area contributed by atoms with Gasteiger partial charge in [-0.05, 0) is 31.7 Å². The van der Waals surface area contributed by atoms with Crippen LogP contribution in [-0.4, -0.2) is 23.6 Å². The molecule has 0 saturated heterocycles.